The highest BCUT2D eigenvalue weighted by Crippen LogP contribution is 2.50. The summed E-state index contributed by atoms with van der Waals surface area (Å²) in [6.45, 7) is 4.65. The van der Waals surface area contributed by atoms with Crippen LogP contribution < -0.4 is 0 Å². The van der Waals surface area contributed by atoms with E-state index in [0.717, 1.165) is 66.4 Å². The van der Waals surface area contributed by atoms with E-state index in [1.165, 1.54) is 27.8 Å². The van der Waals surface area contributed by atoms with Crippen molar-refractivity contribution in [2.75, 3.05) is 0 Å². The van der Waals surface area contributed by atoms with Crippen LogP contribution >= 0.6 is 0 Å². The summed E-state index contributed by atoms with van der Waals surface area (Å²) in [5.74, 6) is 1.81. The van der Waals surface area contributed by atoms with Crippen molar-refractivity contribution in [3.8, 4) is 78.7 Å². The van der Waals surface area contributed by atoms with Crippen molar-refractivity contribution < 1.29 is 4.42 Å². The van der Waals surface area contributed by atoms with Crippen LogP contribution in [0, 0.1) is 0 Å². The summed E-state index contributed by atoms with van der Waals surface area (Å²) in [4.78, 5) is 15.5. The smallest absolute Gasteiger partial charge is 0.164 e. The van der Waals surface area contributed by atoms with Crippen LogP contribution in [0.4, 0.5) is 0 Å². The minimum absolute atomic E-state index is 0.0840. The quantitative estimate of drug-likeness (QED) is 0.170. The van der Waals surface area contributed by atoms with Gasteiger partial charge in [-0.1, -0.05) is 178 Å². The second-order valence-electron chi connectivity index (χ2n) is 15.6. The first-order valence-electron chi connectivity index (χ1n) is 19.8. The molecule has 0 saturated carbocycles. The van der Waals surface area contributed by atoms with Gasteiger partial charge in [-0.25, -0.2) is 15.0 Å². The molecule has 0 fully saturated rings. The van der Waals surface area contributed by atoms with Gasteiger partial charge in [0.05, 0.1) is 0 Å². The van der Waals surface area contributed by atoms with Crippen molar-refractivity contribution in [3.05, 3.63) is 199 Å². The first-order chi connectivity index (χ1) is 28.5. The minimum atomic E-state index is -0.0840. The Bertz CT molecular complexity index is 3060. The predicted molar refractivity (Wildman–Crippen MR) is 237 cm³/mol. The Balaban J connectivity index is 1.05. The molecule has 1 aliphatic carbocycles. The number of hydrogen-bond acceptors (Lipinski definition) is 4. The third-order valence-corrected chi connectivity index (χ3v) is 11.8. The maximum atomic E-state index is 6.52. The topological polar surface area (TPSA) is 51.8 Å². The summed E-state index contributed by atoms with van der Waals surface area (Å²) in [5, 5.41) is 2.00. The zero-order valence-electron chi connectivity index (χ0n) is 32.1. The molecule has 0 bridgehead atoms. The summed E-state index contributed by atoms with van der Waals surface area (Å²) < 4.78 is 6.52. The van der Waals surface area contributed by atoms with Crippen molar-refractivity contribution in [3.63, 3.8) is 0 Å². The van der Waals surface area contributed by atoms with E-state index < -0.39 is 0 Å². The molecule has 0 amide bonds. The Labute approximate surface area is 337 Å². The van der Waals surface area contributed by atoms with Crippen LogP contribution in [0.2, 0.25) is 0 Å². The summed E-state index contributed by atoms with van der Waals surface area (Å²) in [7, 11) is 0. The zero-order valence-corrected chi connectivity index (χ0v) is 32.1. The fourth-order valence-electron chi connectivity index (χ4n) is 8.72. The standard InChI is InChI=1S/C54H37N3O/c1-54(2)46-18-10-9-16-42(46)43-30-28-41(33-47(43)54)40-29-31-48-45(32-40)50-44(17-11-19-49(50)58-48)53-56-51(38-24-20-36(21-25-38)34-12-5-3-6-13-34)55-52(57-53)39-26-22-37(23-27-39)35-14-7-4-8-15-35/h3-33H,1-2H3. The van der Waals surface area contributed by atoms with Crippen LogP contribution in [0.1, 0.15) is 25.0 Å². The summed E-state index contributed by atoms with van der Waals surface area (Å²) in [6, 6.07) is 66.1. The molecule has 8 aromatic carbocycles. The van der Waals surface area contributed by atoms with Crippen LogP contribution in [0.3, 0.4) is 0 Å². The first kappa shape index (κ1) is 33.9. The second-order valence-corrected chi connectivity index (χ2v) is 15.6. The van der Waals surface area contributed by atoms with Gasteiger partial charge < -0.3 is 4.42 Å². The van der Waals surface area contributed by atoms with Crippen molar-refractivity contribution in [2.24, 2.45) is 0 Å². The van der Waals surface area contributed by atoms with Gasteiger partial charge in [-0.15, -0.1) is 0 Å². The highest BCUT2D eigenvalue weighted by atomic mass is 16.3. The summed E-state index contributed by atoms with van der Waals surface area (Å²) in [5.41, 5.74) is 16.5. The molecule has 274 valence electrons. The van der Waals surface area contributed by atoms with Gasteiger partial charge >= 0.3 is 0 Å². The molecule has 0 unspecified atom stereocenters. The van der Waals surface area contributed by atoms with Crippen molar-refractivity contribution in [1.82, 2.24) is 15.0 Å². The van der Waals surface area contributed by atoms with Crippen molar-refractivity contribution >= 4 is 21.9 Å². The monoisotopic (exact) mass is 743 g/mol. The molecule has 58 heavy (non-hydrogen) atoms. The number of nitrogens with zero attached hydrogens (tertiary/aromatic N) is 3. The third-order valence-electron chi connectivity index (χ3n) is 11.8. The van der Waals surface area contributed by atoms with E-state index >= 15 is 0 Å². The lowest BCUT2D eigenvalue weighted by atomic mass is 9.81. The van der Waals surface area contributed by atoms with E-state index in [-0.39, 0.29) is 5.41 Å². The molecule has 4 heteroatoms. The molecule has 10 aromatic rings. The maximum Gasteiger partial charge on any atom is 0.164 e. The molecule has 2 aromatic heterocycles. The van der Waals surface area contributed by atoms with Crippen LogP contribution in [0.15, 0.2) is 192 Å². The van der Waals surface area contributed by atoms with Gasteiger partial charge in [-0.3, -0.25) is 0 Å². The molecular formula is C54H37N3O. The Morgan fingerprint density at radius 3 is 1.48 bits per heavy atom. The van der Waals surface area contributed by atoms with Gasteiger partial charge in [-0.05, 0) is 79.9 Å². The third kappa shape index (κ3) is 5.64. The average Bonchev–Trinajstić information content (AvgIpc) is 3.78. The van der Waals surface area contributed by atoms with E-state index in [0.29, 0.717) is 17.5 Å². The number of furan rings is 1. The molecule has 0 radical (unpaired) electrons. The van der Waals surface area contributed by atoms with Crippen LogP contribution in [0.5, 0.6) is 0 Å². The minimum Gasteiger partial charge on any atom is -0.456 e. The first-order valence-corrected chi connectivity index (χ1v) is 19.8. The lowest BCUT2D eigenvalue weighted by Gasteiger charge is -2.22. The lowest BCUT2D eigenvalue weighted by molar-refractivity contribution is 0.660. The molecule has 0 saturated heterocycles. The van der Waals surface area contributed by atoms with E-state index in [9.17, 15) is 0 Å². The Hall–Kier alpha value is -7.43. The highest BCUT2D eigenvalue weighted by molar-refractivity contribution is 6.12. The SMILES string of the molecule is CC1(C)c2ccccc2-c2ccc(-c3ccc4oc5cccc(-c6nc(-c7ccc(-c8ccccc8)cc7)nc(-c7ccc(-c8ccccc8)cc7)n6)c5c4c3)cc21. The number of aromatic nitrogens is 3. The highest BCUT2D eigenvalue weighted by Gasteiger charge is 2.35. The molecular weight excluding hydrogens is 707 g/mol. The van der Waals surface area contributed by atoms with Crippen LogP contribution in [-0.4, -0.2) is 15.0 Å². The van der Waals surface area contributed by atoms with Crippen LogP contribution in [0.25, 0.3) is 101 Å². The molecule has 11 rings (SSSR count). The van der Waals surface area contributed by atoms with E-state index in [2.05, 4.69) is 178 Å². The van der Waals surface area contributed by atoms with Gasteiger partial charge in [-0.2, -0.15) is 0 Å². The number of fused-ring (bicyclic) bond motifs is 6. The predicted octanol–water partition coefficient (Wildman–Crippen LogP) is 14.1. The van der Waals surface area contributed by atoms with E-state index in [1.54, 1.807) is 0 Å². The molecule has 4 nitrogen and oxygen atoms in total. The number of benzene rings is 8. The van der Waals surface area contributed by atoms with E-state index in [1.807, 2.05) is 24.3 Å². The summed E-state index contributed by atoms with van der Waals surface area (Å²) in [6.07, 6.45) is 0. The zero-order chi connectivity index (χ0) is 38.8. The fraction of sp³-hybridized carbons (Fsp3) is 0.0556. The normalized spacial score (nSPS) is 12.8. The molecule has 0 N–H and O–H groups in total. The maximum absolute atomic E-state index is 6.52. The van der Waals surface area contributed by atoms with Crippen molar-refractivity contribution in [1.29, 1.82) is 0 Å². The summed E-state index contributed by atoms with van der Waals surface area (Å²) >= 11 is 0. The molecule has 2 heterocycles. The Kier molecular flexibility index (Phi) is 7.80. The van der Waals surface area contributed by atoms with Crippen LogP contribution in [-0.2, 0) is 5.41 Å². The van der Waals surface area contributed by atoms with Gasteiger partial charge in [0.25, 0.3) is 0 Å². The van der Waals surface area contributed by atoms with Gasteiger partial charge in [0.1, 0.15) is 11.2 Å². The van der Waals surface area contributed by atoms with Gasteiger partial charge in [0, 0.05) is 32.9 Å². The largest absolute Gasteiger partial charge is 0.456 e. The number of rotatable bonds is 6. The number of hydrogen-bond donors (Lipinski definition) is 0. The van der Waals surface area contributed by atoms with E-state index in [4.69, 9.17) is 19.4 Å². The molecule has 0 atom stereocenters. The second kappa shape index (κ2) is 13.4. The Morgan fingerprint density at radius 1 is 0.345 bits per heavy atom. The van der Waals surface area contributed by atoms with Crippen molar-refractivity contribution in [2.45, 2.75) is 19.3 Å². The average molecular weight is 744 g/mol. The molecule has 0 aliphatic heterocycles. The Morgan fingerprint density at radius 2 is 0.828 bits per heavy atom. The van der Waals surface area contributed by atoms with Gasteiger partial charge in [0.2, 0.25) is 0 Å². The fourth-order valence-corrected chi connectivity index (χ4v) is 8.72. The van der Waals surface area contributed by atoms with Gasteiger partial charge in [0.15, 0.2) is 17.5 Å². The molecule has 0 spiro atoms. The lowest BCUT2D eigenvalue weighted by Crippen LogP contribution is -2.14. The molecule has 1 aliphatic rings.